The van der Waals surface area contributed by atoms with Crippen LogP contribution in [0, 0.1) is 0 Å². The molecule has 18 heavy (non-hydrogen) atoms. The molecule has 0 aliphatic rings. The third-order valence-corrected chi connectivity index (χ3v) is 2.36. The first-order chi connectivity index (χ1) is 8.54. The first-order valence-electron chi connectivity index (χ1n) is 5.44. The molecule has 0 bridgehead atoms. The van der Waals surface area contributed by atoms with Gasteiger partial charge in [0.15, 0.2) is 0 Å². The van der Waals surface area contributed by atoms with Crippen LogP contribution in [0.4, 0.5) is 10.5 Å². The molecule has 3 N–H and O–H groups in total. The Morgan fingerprint density at radius 3 is 2.67 bits per heavy atom. The van der Waals surface area contributed by atoms with Gasteiger partial charge >= 0.3 is 12.0 Å². The number of nitrogens with one attached hydrogen (secondary N) is 2. The number of urea groups is 1. The first kappa shape index (κ1) is 14.0. The van der Waals surface area contributed by atoms with Gasteiger partial charge in [0.1, 0.15) is 0 Å². The number of benzene rings is 1. The molecule has 0 radical (unpaired) electrons. The Hall–Kier alpha value is -2.08. The number of carboxylic acid groups (broad SMARTS) is 1. The van der Waals surface area contributed by atoms with Gasteiger partial charge in [0.2, 0.25) is 0 Å². The van der Waals surface area contributed by atoms with Gasteiger partial charge in [-0.25, -0.2) is 9.59 Å². The predicted octanol–water partition coefficient (Wildman–Crippen LogP) is 1.54. The Morgan fingerprint density at radius 1 is 1.39 bits per heavy atom. The van der Waals surface area contributed by atoms with Gasteiger partial charge in [-0.1, -0.05) is 12.1 Å². The number of carboxylic acids is 1. The minimum absolute atomic E-state index is 0.0486. The molecule has 0 fully saturated rings. The summed E-state index contributed by atoms with van der Waals surface area (Å²) in [7, 11) is 1.55. The van der Waals surface area contributed by atoms with Crippen LogP contribution in [0.2, 0.25) is 0 Å². The van der Waals surface area contributed by atoms with Gasteiger partial charge in [0, 0.05) is 13.7 Å². The van der Waals surface area contributed by atoms with E-state index < -0.39 is 12.0 Å². The van der Waals surface area contributed by atoms with Gasteiger partial charge in [-0.3, -0.25) is 0 Å². The first-order valence-corrected chi connectivity index (χ1v) is 5.44. The zero-order valence-electron chi connectivity index (χ0n) is 10.3. The van der Waals surface area contributed by atoms with Gasteiger partial charge in [-0.2, -0.15) is 0 Å². The smallest absolute Gasteiger partial charge is 0.337 e. The number of anilines is 1. The predicted molar refractivity (Wildman–Crippen MR) is 66.9 cm³/mol. The van der Waals surface area contributed by atoms with E-state index in [0.29, 0.717) is 6.54 Å². The van der Waals surface area contributed by atoms with Crippen molar-refractivity contribution in [3.63, 3.8) is 0 Å². The molecule has 1 atom stereocenters. The average molecular weight is 252 g/mol. The highest BCUT2D eigenvalue weighted by Crippen LogP contribution is 2.14. The summed E-state index contributed by atoms with van der Waals surface area (Å²) in [5.74, 6) is -1.09. The van der Waals surface area contributed by atoms with E-state index in [-0.39, 0.29) is 17.4 Å². The van der Waals surface area contributed by atoms with E-state index in [1.165, 1.54) is 12.1 Å². The maximum absolute atomic E-state index is 11.5. The Balaban J connectivity index is 2.62. The molecule has 6 heteroatoms. The van der Waals surface area contributed by atoms with Gasteiger partial charge in [-0.15, -0.1) is 0 Å². The number of carbonyl (C=O) groups is 2. The summed E-state index contributed by atoms with van der Waals surface area (Å²) in [5, 5.41) is 14.0. The number of hydrogen-bond donors (Lipinski definition) is 3. The number of ether oxygens (including phenoxy) is 1. The summed E-state index contributed by atoms with van der Waals surface area (Å²) in [6.07, 6.45) is -0.106. The lowest BCUT2D eigenvalue weighted by molar-refractivity contribution is 0.0698. The van der Waals surface area contributed by atoms with Crippen LogP contribution in [0.1, 0.15) is 17.3 Å². The van der Waals surface area contributed by atoms with Crippen molar-refractivity contribution in [1.29, 1.82) is 0 Å². The van der Waals surface area contributed by atoms with E-state index in [9.17, 15) is 9.59 Å². The molecule has 2 amide bonds. The lowest BCUT2D eigenvalue weighted by Gasteiger charge is -2.12. The number of amides is 2. The summed E-state index contributed by atoms with van der Waals surface area (Å²) in [5.41, 5.74) is 0.306. The summed E-state index contributed by atoms with van der Waals surface area (Å²) >= 11 is 0. The quantitative estimate of drug-likeness (QED) is 0.741. The van der Waals surface area contributed by atoms with Crippen molar-refractivity contribution in [2.24, 2.45) is 0 Å². The fourth-order valence-corrected chi connectivity index (χ4v) is 1.26. The van der Waals surface area contributed by atoms with Gasteiger partial charge in [-0.05, 0) is 19.1 Å². The SMILES string of the molecule is COC(C)CNC(=O)Nc1ccccc1C(=O)O. The lowest BCUT2D eigenvalue weighted by atomic mass is 10.2. The fraction of sp³-hybridized carbons (Fsp3) is 0.333. The molecule has 6 nitrogen and oxygen atoms in total. The monoisotopic (exact) mass is 252 g/mol. The van der Waals surface area contributed by atoms with Crippen molar-refractivity contribution < 1.29 is 19.4 Å². The van der Waals surface area contributed by atoms with Crippen LogP contribution in [0.3, 0.4) is 0 Å². The van der Waals surface area contributed by atoms with Gasteiger partial charge < -0.3 is 20.5 Å². The largest absolute Gasteiger partial charge is 0.478 e. The standard InChI is InChI=1S/C12H16N2O4/c1-8(18-2)7-13-12(17)14-10-6-4-3-5-9(10)11(15)16/h3-6,8H,7H2,1-2H3,(H,15,16)(H2,13,14,17). The third kappa shape index (κ3) is 4.06. The van der Waals surface area contributed by atoms with E-state index in [1.54, 1.807) is 19.2 Å². The second kappa shape index (κ2) is 6.61. The van der Waals surface area contributed by atoms with Crippen molar-refractivity contribution in [3.05, 3.63) is 29.8 Å². The zero-order chi connectivity index (χ0) is 13.5. The van der Waals surface area contributed by atoms with Crippen LogP contribution in [0.5, 0.6) is 0 Å². The molecule has 0 saturated carbocycles. The summed E-state index contributed by atoms with van der Waals surface area (Å²) in [6, 6.07) is 5.74. The molecular formula is C12H16N2O4. The molecule has 98 valence electrons. The fourth-order valence-electron chi connectivity index (χ4n) is 1.26. The number of carbonyl (C=O) groups excluding carboxylic acids is 1. The number of rotatable bonds is 5. The van der Waals surface area contributed by atoms with Crippen molar-refractivity contribution in [2.45, 2.75) is 13.0 Å². The molecule has 0 aliphatic heterocycles. The number of hydrogen-bond acceptors (Lipinski definition) is 3. The molecule has 0 aromatic heterocycles. The summed E-state index contributed by atoms with van der Waals surface area (Å²) in [4.78, 5) is 22.5. The minimum Gasteiger partial charge on any atom is -0.478 e. The molecule has 1 aromatic carbocycles. The lowest BCUT2D eigenvalue weighted by Crippen LogP contribution is -2.35. The minimum atomic E-state index is -1.09. The number of para-hydroxylation sites is 1. The second-order valence-electron chi connectivity index (χ2n) is 3.73. The summed E-state index contributed by atoms with van der Waals surface area (Å²) in [6.45, 7) is 2.16. The highest BCUT2D eigenvalue weighted by atomic mass is 16.5. The molecule has 1 rings (SSSR count). The summed E-state index contributed by atoms with van der Waals surface area (Å²) < 4.78 is 4.98. The molecule has 0 spiro atoms. The third-order valence-electron chi connectivity index (χ3n) is 2.36. The average Bonchev–Trinajstić information content (AvgIpc) is 2.36. The van der Waals surface area contributed by atoms with E-state index in [4.69, 9.17) is 9.84 Å². The maximum atomic E-state index is 11.5. The van der Waals surface area contributed by atoms with E-state index in [2.05, 4.69) is 10.6 Å². The number of methoxy groups -OCH3 is 1. The van der Waals surface area contributed by atoms with Crippen molar-refractivity contribution >= 4 is 17.7 Å². The normalized spacial score (nSPS) is 11.7. The zero-order valence-corrected chi connectivity index (χ0v) is 10.3. The highest BCUT2D eigenvalue weighted by Gasteiger charge is 2.11. The van der Waals surface area contributed by atoms with Gasteiger partial charge in [0.25, 0.3) is 0 Å². The molecule has 1 unspecified atom stereocenters. The van der Waals surface area contributed by atoms with Crippen LogP contribution in [0.15, 0.2) is 24.3 Å². The molecule has 1 aromatic rings. The van der Waals surface area contributed by atoms with E-state index >= 15 is 0 Å². The number of aromatic carboxylic acids is 1. The maximum Gasteiger partial charge on any atom is 0.337 e. The Morgan fingerprint density at radius 2 is 2.06 bits per heavy atom. The van der Waals surface area contributed by atoms with Crippen molar-refractivity contribution in [2.75, 3.05) is 19.0 Å². The van der Waals surface area contributed by atoms with Crippen LogP contribution < -0.4 is 10.6 Å². The Labute approximate surface area is 105 Å². The molecule has 0 aliphatic carbocycles. The van der Waals surface area contributed by atoms with Crippen LogP contribution in [-0.2, 0) is 4.74 Å². The van der Waals surface area contributed by atoms with E-state index in [1.807, 2.05) is 6.92 Å². The van der Waals surface area contributed by atoms with Crippen LogP contribution >= 0.6 is 0 Å². The second-order valence-corrected chi connectivity index (χ2v) is 3.73. The molecule has 0 saturated heterocycles. The topological polar surface area (TPSA) is 87.7 Å². The highest BCUT2D eigenvalue weighted by molar-refractivity contribution is 5.99. The molecule has 0 heterocycles. The molecular weight excluding hydrogens is 236 g/mol. The van der Waals surface area contributed by atoms with Crippen molar-refractivity contribution in [1.82, 2.24) is 5.32 Å². The van der Waals surface area contributed by atoms with Crippen molar-refractivity contribution in [3.8, 4) is 0 Å². The Kier molecular flexibility index (Phi) is 5.13. The van der Waals surface area contributed by atoms with Gasteiger partial charge in [0.05, 0.1) is 17.4 Å². The van der Waals surface area contributed by atoms with Crippen LogP contribution in [0.25, 0.3) is 0 Å². The van der Waals surface area contributed by atoms with E-state index in [0.717, 1.165) is 0 Å². The van der Waals surface area contributed by atoms with Crippen LogP contribution in [-0.4, -0.2) is 36.9 Å². The Bertz CT molecular complexity index is 434.